The maximum Gasteiger partial charge on any atom is 0.0129 e. The molecule has 0 amide bonds. The first-order chi connectivity index (χ1) is 14.8. The van der Waals surface area contributed by atoms with Crippen molar-refractivity contribution in [2.24, 2.45) is 5.92 Å². The van der Waals surface area contributed by atoms with Crippen molar-refractivity contribution in [3.63, 3.8) is 0 Å². The lowest BCUT2D eigenvalue weighted by molar-refractivity contribution is 0.416. The van der Waals surface area contributed by atoms with Crippen LogP contribution in [-0.4, -0.2) is 0 Å². The molecule has 0 N–H and O–H groups in total. The van der Waals surface area contributed by atoms with Crippen LogP contribution in [0, 0.1) is 17.8 Å². The average molecular weight is 401 g/mol. The Balaban J connectivity index is 0.000000269. The standard InChI is InChI=1S/C22H30.C8H10/c1-2-6-11-19(10-5-1)12-9-13-20-16-17-21-14-7-3-4-8-15-22(21)18-20;1-2-8-6-4-3-5-7-8/h16-19H,1-2,5-15H2;3-7H,2H2,1H3. The number of benzene rings is 2. The van der Waals surface area contributed by atoms with E-state index >= 15 is 0 Å². The summed E-state index contributed by atoms with van der Waals surface area (Å²) in [7, 11) is 0. The lowest BCUT2D eigenvalue weighted by atomic mass is 9.91. The predicted molar refractivity (Wildman–Crippen MR) is 131 cm³/mol. The normalized spacial score (nSPS) is 16.6. The second-order valence-corrected chi connectivity index (χ2v) is 9.05. The van der Waals surface area contributed by atoms with Crippen molar-refractivity contribution in [2.75, 3.05) is 0 Å². The Hall–Kier alpha value is -2.00. The van der Waals surface area contributed by atoms with Crippen LogP contribution in [-0.2, 0) is 25.7 Å². The highest BCUT2D eigenvalue weighted by Crippen LogP contribution is 2.27. The van der Waals surface area contributed by atoms with E-state index in [1.807, 2.05) is 6.07 Å². The van der Waals surface area contributed by atoms with E-state index in [1.54, 1.807) is 16.7 Å². The zero-order chi connectivity index (χ0) is 20.9. The fourth-order valence-corrected chi connectivity index (χ4v) is 4.84. The Morgan fingerprint density at radius 1 is 0.767 bits per heavy atom. The quantitative estimate of drug-likeness (QED) is 0.351. The van der Waals surface area contributed by atoms with Crippen molar-refractivity contribution in [1.82, 2.24) is 0 Å². The van der Waals surface area contributed by atoms with Gasteiger partial charge in [-0.05, 0) is 60.3 Å². The summed E-state index contributed by atoms with van der Waals surface area (Å²) in [6.45, 7) is 2.16. The number of fused-ring (bicyclic) bond motifs is 1. The second-order valence-electron chi connectivity index (χ2n) is 9.05. The maximum absolute atomic E-state index is 3.29. The summed E-state index contributed by atoms with van der Waals surface area (Å²) in [5.41, 5.74) is 6.08. The van der Waals surface area contributed by atoms with E-state index in [2.05, 4.69) is 61.2 Å². The zero-order valence-electron chi connectivity index (χ0n) is 19.1. The van der Waals surface area contributed by atoms with Gasteiger partial charge in [0.1, 0.15) is 0 Å². The highest BCUT2D eigenvalue weighted by Gasteiger charge is 2.12. The number of hydrogen-bond acceptors (Lipinski definition) is 0. The minimum atomic E-state index is 1.02. The molecule has 2 aromatic carbocycles. The maximum atomic E-state index is 3.29. The summed E-state index contributed by atoms with van der Waals surface area (Å²) >= 11 is 0. The van der Waals surface area contributed by atoms with Crippen LogP contribution in [0.25, 0.3) is 0 Å². The largest absolute Gasteiger partial charge is 0.103 e. The van der Waals surface area contributed by atoms with Crippen molar-refractivity contribution < 1.29 is 0 Å². The van der Waals surface area contributed by atoms with Gasteiger partial charge in [0.15, 0.2) is 0 Å². The Kier molecular flexibility index (Phi) is 10.1. The van der Waals surface area contributed by atoms with Gasteiger partial charge in [0, 0.05) is 12.8 Å². The van der Waals surface area contributed by atoms with Gasteiger partial charge in [-0.25, -0.2) is 0 Å². The Labute approximate surface area is 185 Å². The summed E-state index contributed by atoms with van der Waals surface area (Å²) < 4.78 is 0. The first-order valence-corrected chi connectivity index (χ1v) is 12.5. The van der Waals surface area contributed by atoms with Crippen molar-refractivity contribution in [2.45, 2.75) is 96.8 Å². The molecule has 1 saturated carbocycles. The fraction of sp³-hybridized carbons (Fsp3) is 0.533. The third kappa shape index (κ3) is 8.02. The van der Waals surface area contributed by atoms with Gasteiger partial charge in [-0.1, -0.05) is 100 Å². The van der Waals surface area contributed by atoms with Crippen LogP contribution in [0.1, 0.15) is 93.4 Å². The first-order valence-electron chi connectivity index (χ1n) is 12.5. The average Bonchev–Trinajstić information content (AvgIpc) is 3.05. The molecule has 0 heteroatoms. The summed E-state index contributed by atoms with van der Waals surface area (Å²) in [6, 6.07) is 17.7. The minimum absolute atomic E-state index is 1.02. The molecular formula is C30H40. The molecule has 2 aromatic rings. The van der Waals surface area contributed by atoms with E-state index in [-0.39, 0.29) is 0 Å². The fourth-order valence-electron chi connectivity index (χ4n) is 4.84. The molecule has 0 atom stereocenters. The van der Waals surface area contributed by atoms with Gasteiger partial charge >= 0.3 is 0 Å². The highest BCUT2D eigenvalue weighted by molar-refractivity contribution is 5.34. The molecule has 0 bridgehead atoms. The Morgan fingerprint density at radius 2 is 1.47 bits per heavy atom. The first kappa shape index (κ1) is 22.7. The van der Waals surface area contributed by atoms with Crippen LogP contribution in [0.4, 0.5) is 0 Å². The molecule has 0 nitrogen and oxygen atoms in total. The van der Waals surface area contributed by atoms with Gasteiger partial charge in [-0.15, -0.1) is 11.8 Å². The second kappa shape index (κ2) is 13.3. The van der Waals surface area contributed by atoms with E-state index in [1.165, 1.54) is 63.4 Å². The summed E-state index contributed by atoms with van der Waals surface area (Å²) in [5.74, 6) is 7.57. The van der Waals surface area contributed by atoms with Gasteiger partial charge < -0.3 is 0 Å². The van der Waals surface area contributed by atoms with Crippen LogP contribution < -0.4 is 0 Å². The van der Waals surface area contributed by atoms with Crippen LogP contribution in [0.5, 0.6) is 0 Å². The molecule has 4 rings (SSSR count). The monoisotopic (exact) mass is 400 g/mol. The van der Waals surface area contributed by atoms with Crippen molar-refractivity contribution in [3.05, 3.63) is 70.8 Å². The summed E-state index contributed by atoms with van der Waals surface area (Å²) in [6.07, 6.45) is 18.5. The zero-order valence-corrected chi connectivity index (χ0v) is 19.1. The highest BCUT2D eigenvalue weighted by atomic mass is 14.2. The van der Waals surface area contributed by atoms with E-state index in [0.29, 0.717) is 0 Å². The smallest absolute Gasteiger partial charge is 0.0129 e. The molecule has 0 saturated heterocycles. The lowest BCUT2D eigenvalue weighted by Crippen LogP contribution is -2.01. The molecule has 2 aliphatic rings. The molecular weight excluding hydrogens is 360 g/mol. The van der Waals surface area contributed by atoms with Crippen molar-refractivity contribution in [3.8, 4) is 11.8 Å². The van der Waals surface area contributed by atoms with Gasteiger partial charge in [0.25, 0.3) is 0 Å². The molecule has 1 fully saturated rings. The number of rotatable bonds is 5. The lowest BCUT2D eigenvalue weighted by Gasteiger charge is -2.15. The van der Waals surface area contributed by atoms with E-state index in [4.69, 9.17) is 0 Å². The molecule has 30 heavy (non-hydrogen) atoms. The van der Waals surface area contributed by atoms with Gasteiger partial charge in [0.05, 0.1) is 0 Å². The predicted octanol–water partition coefficient (Wildman–Crippen LogP) is 8.11. The van der Waals surface area contributed by atoms with Crippen LogP contribution in [0.3, 0.4) is 0 Å². The molecule has 0 heterocycles. The number of hydrogen-bond donors (Lipinski definition) is 0. The molecule has 0 radical (unpaired) electrons. The third-order valence-electron chi connectivity index (χ3n) is 6.74. The SMILES string of the molecule is C1#CCCc2cc(CCCC3CCCCCC3)ccc2CC1.CCc1ccccc1. The van der Waals surface area contributed by atoms with E-state index < -0.39 is 0 Å². The Morgan fingerprint density at radius 3 is 2.13 bits per heavy atom. The van der Waals surface area contributed by atoms with Gasteiger partial charge in [-0.3, -0.25) is 0 Å². The molecule has 2 aliphatic carbocycles. The summed E-state index contributed by atoms with van der Waals surface area (Å²) in [4.78, 5) is 0. The minimum Gasteiger partial charge on any atom is -0.103 e. The van der Waals surface area contributed by atoms with Gasteiger partial charge in [-0.2, -0.15) is 0 Å². The van der Waals surface area contributed by atoms with Gasteiger partial charge in [0.2, 0.25) is 0 Å². The van der Waals surface area contributed by atoms with Crippen molar-refractivity contribution in [1.29, 1.82) is 0 Å². The van der Waals surface area contributed by atoms with E-state index in [0.717, 1.165) is 38.0 Å². The molecule has 160 valence electrons. The van der Waals surface area contributed by atoms with Crippen molar-refractivity contribution >= 4 is 0 Å². The van der Waals surface area contributed by atoms with Crippen LogP contribution in [0.2, 0.25) is 0 Å². The topological polar surface area (TPSA) is 0 Å². The molecule has 0 aliphatic heterocycles. The third-order valence-corrected chi connectivity index (χ3v) is 6.74. The Bertz CT molecular complexity index is 782. The molecule has 0 aromatic heterocycles. The van der Waals surface area contributed by atoms with Crippen LogP contribution >= 0.6 is 0 Å². The molecule has 0 unspecified atom stereocenters. The summed E-state index contributed by atoms with van der Waals surface area (Å²) in [5, 5.41) is 0. The number of aryl methyl sites for hydroxylation is 4. The van der Waals surface area contributed by atoms with Crippen LogP contribution in [0.15, 0.2) is 48.5 Å². The van der Waals surface area contributed by atoms with E-state index in [9.17, 15) is 0 Å². The molecule has 0 spiro atoms.